The predicted octanol–water partition coefficient (Wildman–Crippen LogP) is 5.88. The van der Waals surface area contributed by atoms with Crippen LogP contribution in [0.4, 0.5) is 5.00 Å². The quantitative estimate of drug-likeness (QED) is 0.602. The predicted molar refractivity (Wildman–Crippen MR) is 120 cm³/mol. The van der Waals surface area contributed by atoms with Gasteiger partial charge in [-0.1, -0.05) is 20.3 Å². The maximum absolute atomic E-state index is 13.1. The molecule has 0 aromatic carbocycles. The number of amides is 1. The lowest BCUT2D eigenvalue weighted by atomic mass is 9.85. The van der Waals surface area contributed by atoms with Crippen molar-refractivity contribution in [1.29, 1.82) is 0 Å². The summed E-state index contributed by atoms with van der Waals surface area (Å²) in [4.78, 5) is 28.4. The Morgan fingerprint density at radius 3 is 2.69 bits per heavy atom. The summed E-state index contributed by atoms with van der Waals surface area (Å²) in [7, 11) is 0. The summed E-state index contributed by atoms with van der Waals surface area (Å²) >= 11 is 3.26. The highest BCUT2D eigenvalue weighted by Crippen LogP contribution is 2.41. The van der Waals surface area contributed by atoms with Crippen LogP contribution in [0, 0.1) is 11.8 Å². The summed E-state index contributed by atoms with van der Waals surface area (Å²) in [5, 5.41) is 5.74. The lowest BCUT2D eigenvalue weighted by Crippen LogP contribution is -2.18. The Morgan fingerprint density at radius 1 is 1.14 bits per heavy atom. The van der Waals surface area contributed by atoms with Gasteiger partial charge in [0, 0.05) is 15.1 Å². The molecule has 0 saturated carbocycles. The van der Waals surface area contributed by atoms with Crippen molar-refractivity contribution in [3.63, 3.8) is 0 Å². The molecule has 2 atom stereocenters. The zero-order valence-corrected chi connectivity index (χ0v) is 19.1. The molecule has 1 N–H and O–H groups in total. The van der Waals surface area contributed by atoms with Crippen molar-refractivity contribution in [2.75, 3.05) is 11.9 Å². The first-order chi connectivity index (χ1) is 14.0. The van der Waals surface area contributed by atoms with Gasteiger partial charge in [-0.15, -0.1) is 22.7 Å². The molecule has 2 aliphatic carbocycles. The topological polar surface area (TPSA) is 55.4 Å². The molecule has 0 spiro atoms. The number of hydrogen-bond donors (Lipinski definition) is 1. The van der Waals surface area contributed by atoms with Gasteiger partial charge in [0.15, 0.2) is 0 Å². The molecule has 29 heavy (non-hydrogen) atoms. The van der Waals surface area contributed by atoms with Crippen LogP contribution < -0.4 is 5.32 Å². The second-order valence-electron chi connectivity index (χ2n) is 8.30. The minimum absolute atomic E-state index is 0.0896. The van der Waals surface area contributed by atoms with Crippen LogP contribution in [0.3, 0.4) is 0 Å². The fraction of sp³-hybridized carbons (Fsp3) is 0.565. The molecule has 2 unspecified atom stereocenters. The fourth-order valence-corrected chi connectivity index (χ4v) is 7.14. The normalized spacial score (nSPS) is 20.7. The van der Waals surface area contributed by atoms with Crippen molar-refractivity contribution in [3.8, 4) is 0 Å². The van der Waals surface area contributed by atoms with Gasteiger partial charge in [-0.05, 0) is 68.4 Å². The van der Waals surface area contributed by atoms with E-state index in [1.165, 1.54) is 15.3 Å². The van der Waals surface area contributed by atoms with Crippen LogP contribution in [-0.2, 0) is 30.4 Å². The van der Waals surface area contributed by atoms with Gasteiger partial charge in [-0.2, -0.15) is 0 Å². The van der Waals surface area contributed by atoms with Gasteiger partial charge < -0.3 is 10.1 Å². The van der Waals surface area contributed by atoms with E-state index in [1.54, 1.807) is 22.7 Å². The lowest BCUT2D eigenvalue weighted by molar-refractivity contribution is 0.0526. The first-order valence-corrected chi connectivity index (χ1v) is 12.4. The van der Waals surface area contributed by atoms with E-state index < -0.39 is 0 Å². The number of hydrogen-bond acceptors (Lipinski definition) is 5. The number of thiophene rings is 2. The largest absolute Gasteiger partial charge is 0.462 e. The van der Waals surface area contributed by atoms with Crippen LogP contribution in [0.5, 0.6) is 0 Å². The molecule has 1 amide bonds. The van der Waals surface area contributed by atoms with Crippen molar-refractivity contribution in [1.82, 2.24) is 0 Å². The molecule has 0 bridgehead atoms. The molecule has 4 rings (SSSR count). The highest BCUT2D eigenvalue weighted by Gasteiger charge is 2.31. The molecule has 0 radical (unpaired) electrons. The summed E-state index contributed by atoms with van der Waals surface area (Å²) in [6.07, 6.45) is 7.28. The summed E-state index contributed by atoms with van der Waals surface area (Å²) in [6.45, 7) is 6.65. The summed E-state index contributed by atoms with van der Waals surface area (Å²) in [5.41, 5.74) is 3.67. The molecule has 2 heterocycles. The van der Waals surface area contributed by atoms with E-state index in [9.17, 15) is 9.59 Å². The maximum atomic E-state index is 13.1. The molecule has 0 saturated heterocycles. The van der Waals surface area contributed by atoms with E-state index in [2.05, 4.69) is 19.2 Å². The Labute approximate surface area is 180 Å². The smallest absolute Gasteiger partial charge is 0.341 e. The van der Waals surface area contributed by atoms with E-state index in [-0.39, 0.29) is 11.9 Å². The Morgan fingerprint density at radius 2 is 1.93 bits per heavy atom. The fourth-order valence-electron chi connectivity index (χ4n) is 4.55. The number of ether oxygens (including phenoxy) is 1. The first-order valence-electron chi connectivity index (χ1n) is 10.7. The van der Waals surface area contributed by atoms with Crippen molar-refractivity contribution in [2.45, 2.75) is 65.7 Å². The molecule has 2 aliphatic rings. The molecule has 0 fully saturated rings. The Hall–Kier alpha value is -1.66. The van der Waals surface area contributed by atoms with Crippen LogP contribution in [0.2, 0.25) is 0 Å². The van der Waals surface area contributed by atoms with Gasteiger partial charge in [-0.3, -0.25) is 4.79 Å². The van der Waals surface area contributed by atoms with Gasteiger partial charge in [0.1, 0.15) is 5.00 Å². The van der Waals surface area contributed by atoms with Crippen LogP contribution in [-0.4, -0.2) is 18.5 Å². The second kappa shape index (κ2) is 8.60. The molecular formula is C23H29NO3S2. The Bertz CT molecular complexity index is 927. The van der Waals surface area contributed by atoms with Crippen molar-refractivity contribution in [3.05, 3.63) is 37.4 Å². The van der Waals surface area contributed by atoms with E-state index in [0.29, 0.717) is 29.0 Å². The lowest BCUT2D eigenvalue weighted by Gasteiger charge is -2.21. The number of carbonyl (C=O) groups excluding carboxylic acids is 2. The number of rotatable bonds is 5. The van der Waals surface area contributed by atoms with E-state index in [1.807, 2.05) is 12.3 Å². The van der Waals surface area contributed by atoms with Gasteiger partial charge in [-0.25, -0.2) is 4.79 Å². The SMILES string of the molecule is CCOC(=O)c1c(NC(=O)c2csc3c2CCC(C)C3)sc2c1CCC(CC)C2. The Balaban J connectivity index is 1.64. The first kappa shape index (κ1) is 20.6. The van der Waals surface area contributed by atoms with Crippen LogP contribution in [0.1, 0.15) is 81.6 Å². The van der Waals surface area contributed by atoms with Gasteiger partial charge in [0.2, 0.25) is 0 Å². The van der Waals surface area contributed by atoms with Crippen molar-refractivity contribution >= 4 is 39.6 Å². The second-order valence-corrected chi connectivity index (χ2v) is 10.4. The third-order valence-electron chi connectivity index (χ3n) is 6.30. The standard InChI is InChI=1S/C23H29NO3S2/c1-4-14-7-9-16-19(11-14)29-22(20(16)23(26)27-5-2)24-21(25)17-12-28-18-10-13(3)6-8-15(17)18/h12-14H,4-11H2,1-3H3,(H,24,25). The zero-order chi connectivity index (χ0) is 20.5. The molecule has 6 heteroatoms. The molecule has 4 nitrogen and oxygen atoms in total. The van der Waals surface area contributed by atoms with Crippen molar-refractivity contribution in [2.24, 2.45) is 11.8 Å². The minimum Gasteiger partial charge on any atom is -0.462 e. The molecule has 2 aromatic heterocycles. The molecule has 2 aromatic rings. The summed E-state index contributed by atoms with van der Waals surface area (Å²) in [5.74, 6) is 0.943. The van der Waals surface area contributed by atoms with Crippen LogP contribution in [0.15, 0.2) is 5.38 Å². The summed E-state index contributed by atoms with van der Waals surface area (Å²) in [6, 6.07) is 0. The number of esters is 1. The average molecular weight is 432 g/mol. The van der Waals surface area contributed by atoms with E-state index in [0.717, 1.165) is 56.1 Å². The number of fused-ring (bicyclic) bond motifs is 2. The third-order valence-corrected chi connectivity index (χ3v) is 8.52. The van der Waals surface area contributed by atoms with Gasteiger partial charge in [0.05, 0.1) is 17.7 Å². The van der Waals surface area contributed by atoms with Crippen LogP contribution >= 0.6 is 22.7 Å². The molecular weight excluding hydrogens is 402 g/mol. The number of nitrogens with one attached hydrogen (secondary N) is 1. The van der Waals surface area contributed by atoms with E-state index >= 15 is 0 Å². The number of carbonyl (C=O) groups is 2. The highest BCUT2D eigenvalue weighted by molar-refractivity contribution is 7.17. The highest BCUT2D eigenvalue weighted by atomic mass is 32.1. The third kappa shape index (κ3) is 4.02. The minimum atomic E-state index is -0.309. The van der Waals surface area contributed by atoms with E-state index in [4.69, 9.17) is 4.74 Å². The number of anilines is 1. The Kier molecular flexibility index (Phi) is 6.11. The maximum Gasteiger partial charge on any atom is 0.341 e. The van der Waals surface area contributed by atoms with Gasteiger partial charge in [0.25, 0.3) is 5.91 Å². The summed E-state index contributed by atoms with van der Waals surface area (Å²) < 4.78 is 5.34. The monoisotopic (exact) mass is 431 g/mol. The average Bonchev–Trinajstić information content (AvgIpc) is 3.27. The van der Waals surface area contributed by atoms with Crippen molar-refractivity contribution < 1.29 is 14.3 Å². The zero-order valence-electron chi connectivity index (χ0n) is 17.4. The van der Waals surface area contributed by atoms with Crippen LogP contribution in [0.25, 0.3) is 0 Å². The molecule has 0 aliphatic heterocycles. The van der Waals surface area contributed by atoms with Gasteiger partial charge >= 0.3 is 5.97 Å². The molecule has 156 valence electrons.